The van der Waals surface area contributed by atoms with Crippen LogP contribution in [0.4, 0.5) is 11.4 Å². The molecule has 220 valence electrons. The van der Waals surface area contributed by atoms with Crippen LogP contribution in [0.3, 0.4) is 0 Å². The lowest BCUT2D eigenvalue weighted by Crippen LogP contribution is -2.57. The molecule has 0 saturated carbocycles. The summed E-state index contributed by atoms with van der Waals surface area (Å²) in [6, 6.07) is 17.0. The normalized spacial score (nSPS) is 12.5. The molecule has 0 spiro atoms. The SMILES string of the molecule is CCC(C)(C(=O)Nc1ccc(N(C)C)cc1)N(Cc1nc(-c2ccc(Cl)cc2)cs1)C(=O)CSc1nc(C)cc(C)n1. The highest BCUT2D eigenvalue weighted by molar-refractivity contribution is 7.99. The maximum absolute atomic E-state index is 13.9. The minimum Gasteiger partial charge on any atom is -0.378 e. The number of hydrogen-bond acceptors (Lipinski definition) is 8. The molecule has 0 bridgehead atoms. The van der Waals surface area contributed by atoms with Gasteiger partial charge in [0.05, 0.1) is 18.0 Å². The summed E-state index contributed by atoms with van der Waals surface area (Å²) in [5.41, 5.74) is 3.94. The van der Waals surface area contributed by atoms with E-state index < -0.39 is 5.54 Å². The van der Waals surface area contributed by atoms with E-state index in [0.29, 0.717) is 22.3 Å². The maximum atomic E-state index is 13.9. The van der Waals surface area contributed by atoms with Gasteiger partial charge in [0.2, 0.25) is 11.8 Å². The van der Waals surface area contributed by atoms with Crippen LogP contribution in [0.25, 0.3) is 11.3 Å². The van der Waals surface area contributed by atoms with Gasteiger partial charge in [0.1, 0.15) is 10.5 Å². The predicted molar refractivity (Wildman–Crippen MR) is 173 cm³/mol. The van der Waals surface area contributed by atoms with Crippen molar-refractivity contribution in [3.63, 3.8) is 0 Å². The second-order valence-corrected chi connectivity index (χ2v) is 12.7. The van der Waals surface area contributed by atoms with E-state index in [4.69, 9.17) is 16.6 Å². The second kappa shape index (κ2) is 13.7. The van der Waals surface area contributed by atoms with Crippen molar-refractivity contribution in [1.82, 2.24) is 19.9 Å². The molecule has 4 rings (SSSR count). The number of nitrogens with one attached hydrogen (secondary N) is 1. The van der Waals surface area contributed by atoms with Crippen molar-refractivity contribution in [2.45, 2.75) is 51.4 Å². The summed E-state index contributed by atoms with van der Waals surface area (Å²) in [7, 11) is 3.92. The first kappa shape index (κ1) is 31.5. The first-order valence-electron chi connectivity index (χ1n) is 13.5. The molecular formula is C31H35ClN6O2S2. The zero-order chi connectivity index (χ0) is 30.4. The van der Waals surface area contributed by atoms with E-state index in [9.17, 15) is 9.59 Å². The van der Waals surface area contributed by atoms with Gasteiger partial charge in [-0.1, -0.05) is 42.4 Å². The van der Waals surface area contributed by atoms with Crippen LogP contribution < -0.4 is 10.2 Å². The Bertz CT molecular complexity index is 1520. The van der Waals surface area contributed by atoms with Crippen molar-refractivity contribution in [1.29, 1.82) is 0 Å². The number of rotatable bonds is 11. The van der Waals surface area contributed by atoms with Gasteiger partial charge in [-0.25, -0.2) is 15.0 Å². The molecule has 11 heteroatoms. The molecule has 0 aliphatic rings. The van der Waals surface area contributed by atoms with Gasteiger partial charge < -0.3 is 15.1 Å². The third-order valence-corrected chi connectivity index (χ3v) is 8.91. The number of carbonyl (C=O) groups is 2. The van der Waals surface area contributed by atoms with E-state index >= 15 is 0 Å². The molecule has 8 nitrogen and oxygen atoms in total. The monoisotopic (exact) mass is 622 g/mol. The fraction of sp³-hybridized carbons (Fsp3) is 0.323. The Hall–Kier alpha value is -3.47. The number of aryl methyl sites for hydroxylation is 2. The number of aromatic nitrogens is 3. The number of halogens is 1. The van der Waals surface area contributed by atoms with E-state index in [1.165, 1.54) is 23.1 Å². The second-order valence-electron chi connectivity index (χ2n) is 10.4. The third kappa shape index (κ3) is 7.67. The number of benzene rings is 2. The van der Waals surface area contributed by atoms with Gasteiger partial charge in [-0.3, -0.25) is 9.59 Å². The summed E-state index contributed by atoms with van der Waals surface area (Å²) in [6.45, 7) is 7.70. The molecule has 0 aliphatic carbocycles. The summed E-state index contributed by atoms with van der Waals surface area (Å²) in [5.74, 6) is -0.384. The maximum Gasteiger partial charge on any atom is 0.250 e. The lowest BCUT2D eigenvalue weighted by atomic mass is 9.94. The Kier molecular flexibility index (Phi) is 10.2. The summed E-state index contributed by atoms with van der Waals surface area (Å²) in [6.07, 6.45) is 0.403. The highest BCUT2D eigenvalue weighted by atomic mass is 35.5. The van der Waals surface area contributed by atoms with Gasteiger partial charge in [0.15, 0.2) is 5.16 Å². The smallest absolute Gasteiger partial charge is 0.250 e. The van der Waals surface area contributed by atoms with Crippen molar-refractivity contribution in [3.05, 3.63) is 81.4 Å². The Labute approximate surface area is 260 Å². The average molecular weight is 623 g/mol. The van der Waals surface area contributed by atoms with E-state index in [-0.39, 0.29) is 24.1 Å². The van der Waals surface area contributed by atoms with Crippen LogP contribution in [-0.2, 0) is 16.1 Å². The number of hydrogen-bond donors (Lipinski definition) is 1. The molecule has 1 N–H and O–H groups in total. The zero-order valence-electron chi connectivity index (χ0n) is 24.6. The van der Waals surface area contributed by atoms with Crippen molar-refractivity contribution in [2.75, 3.05) is 30.1 Å². The van der Waals surface area contributed by atoms with Crippen molar-refractivity contribution >= 4 is 57.9 Å². The minimum absolute atomic E-state index is 0.0821. The van der Waals surface area contributed by atoms with Gasteiger partial charge in [-0.15, -0.1) is 11.3 Å². The van der Waals surface area contributed by atoms with Gasteiger partial charge in [-0.2, -0.15) is 0 Å². The molecular weight excluding hydrogens is 588 g/mol. The lowest BCUT2D eigenvalue weighted by Gasteiger charge is -2.39. The largest absolute Gasteiger partial charge is 0.378 e. The molecule has 4 aromatic rings. The van der Waals surface area contributed by atoms with Crippen LogP contribution in [0, 0.1) is 13.8 Å². The van der Waals surface area contributed by atoms with E-state index in [1.807, 2.05) is 99.7 Å². The number of thiazole rings is 1. The van der Waals surface area contributed by atoms with Crippen LogP contribution >= 0.6 is 34.7 Å². The molecule has 0 saturated heterocycles. The van der Waals surface area contributed by atoms with Gasteiger partial charge in [0, 0.05) is 52.8 Å². The van der Waals surface area contributed by atoms with Crippen molar-refractivity contribution < 1.29 is 9.59 Å². The number of nitrogens with zero attached hydrogens (tertiary/aromatic N) is 5. The Morgan fingerprint density at radius 1 is 1.00 bits per heavy atom. The molecule has 1 unspecified atom stereocenters. The summed E-state index contributed by atoms with van der Waals surface area (Å²) >= 11 is 8.78. The minimum atomic E-state index is -1.15. The van der Waals surface area contributed by atoms with Gasteiger partial charge in [-0.05, 0) is 69.7 Å². The summed E-state index contributed by atoms with van der Waals surface area (Å²) in [4.78, 5) is 45.1. The van der Waals surface area contributed by atoms with Crippen molar-refractivity contribution in [3.8, 4) is 11.3 Å². The van der Waals surface area contributed by atoms with Crippen molar-refractivity contribution in [2.24, 2.45) is 0 Å². The van der Waals surface area contributed by atoms with Crippen LogP contribution in [0.15, 0.2) is 65.1 Å². The summed E-state index contributed by atoms with van der Waals surface area (Å²) < 4.78 is 0. The molecule has 0 aliphatic heterocycles. The first-order valence-corrected chi connectivity index (χ1v) is 15.8. The van der Waals surface area contributed by atoms with Gasteiger partial charge in [0.25, 0.3) is 0 Å². The quantitative estimate of drug-likeness (QED) is 0.144. The topological polar surface area (TPSA) is 91.3 Å². The molecule has 0 radical (unpaired) electrons. The number of thioether (sulfide) groups is 1. The Balaban J connectivity index is 1.61. The standard InChI is InChI=1S/C31H35ClN6O2S2/c1-7-31(4,29(40)35-24-12-14-25(15-13-24)37(5)6)38(28(39)19-42-30-33-20(2)16-21(3)34-30)17-27-36-26(18-41-27)22-8-10-23(32)11-9-22/h8-16,18H,7,17,19H2,1-6H3,(H,35,40). The predicted octanol–water partition coefficient (Wildman–Crippen LogP) is 6.86. The first-order chi connectivity index (χ1) is 20.0. The van der Waals surface area contributed by atoms with Gasteiger partial charge >= 0.3 is 0 Å². The van der Waals surface area contributed by atoms with Crippen LogP contribution in [-0.4, -0.2) is 57.1 Å². The molecule has 2 heterocycles. The zero-order valence-corrected chi connectivity index (χ0v) is 27.0. The molecule has 0 fully saturated rings. The van der Waals surface area contributed by atoms with Crippen LogP contribution in [0.1, 0.15) is 36.7 Å². The molecule has 42 heavy (non-hydrogen) atoms. The number of carbonyl (C=O) groups excluding carboxylic acids is 2. The number of amides is 2. The molecule has 2 aromatic carbocycles. The Morgan fingerprint density at radius 3 is 2.24 bits per heavy atom. The molecule has 1 atom stereocenters. The Morgan fingerprint density at radius 2 is 1.64 bits per heavy atom. The highest BCUT2D eigenvalue weighted by Gasteiger charge is 2.41. The third-order valence-electron chi connectivity index (χ3n) is 6.99. The van der Waals surface area contributed by atoms with E-state index in [1.54, 1.807) is 11.8 Å². The van der Waals surface area contributed by atoms with Crippen LogP contribution in [0.5, 0.6) is 0 Å². The molecule has 2 aromatic heterocycles. The summed E-state index contributed by atoms with van der Waals surface area (Å²) in [5, 5.41) is 6.89. The number of anilines is 2. The average Bonchev–Trinajstić information content (AvgIpc) is 3.43. The highest BCUT2D eigenvalue weighted by Crippen LogP contribution is 2.30. The molecule has 2 amide bonds. The van der Waals surface area contributed by atoms with Crippen LogP contribution in [0.2, 0.25) is 5.02 Å². The lowest BCUT2D eigenvalue weighted by molar-refractivity contribution is -0.143. The van der Waals surface area contributed by atoms with E-state index in [0.717, 1.165) is 33.3 Å². The fourth-order valence-electron chi connectivity index (χ4n) is 4.35. The fourth-order valence-corrected chi connectivity index (χ4v) is 6.10. The van der Waals surface area contributed by atoms with E-state index in [2.05, 4.69) is 15.3 Å².